The second kappa shape index (κ2) is 7.90. The molecule has 4 rings (SSSR count). The molecule has 0 spiro atoms. The van der Waals surface area contributed by atoms with Crippen LogP contribution in [-0.4, -0.2) is 33.1 Å². The summed E-state index contributed by atoms with van der Waals surface area (Å²) in [7, 11) is 0. The molecule has 2 amide bonds. The predicted octanol–water partition coefficient (Wildman–Crippen LogP) is 2.33. The van der Waals surface area contributed by atoms with Gasteiger partial charge in [-0.15, -0.1) is 10.2 Å². The van der Waals surface area contributed by atoms with Gasteiger partial charge < -0.3 is 15.2 Å². The molecule has 1 aliphatic carbocycles. The van der Waals surface area contributed by atoms with E-state index in [2.05, 4.69) is 25.4 Å². The van der Waals surface area contributed by atoms with Crippen LogP contribution in [0.1, 0.15) is 54.1 Å². The van der Waals surface area contributed by atoms with Gasteiger partial charge in [0.05, 0.1) is 0 Å². The smallest absolute Gasteiger partial charge is 0.251 e. The van der Waals surface area contributed by atoms with E-state index in [9.17, 15) is 9.59 Å². The van der Waals surface area contributed by atoms with Gasteiger partial charge in [-0.1, -0.05) is 12.5 Å². The van der Waals surface area contributed by atoms with Crippen molar-refractivity contribution < 1.29 is 9.59 Å². The number of carbonyl (C=O) groups is 2. The zero-order valence-corrected chi connectivity index (χ0v) is 15.4. The normalized spacial score (nSPS) is 16.3. The second-order valence-corrected chi connectivity index (χ2v) is 7.34. The molecular weight excluding hydrogens is 342 g/mol. The first-order chi connectivity index (χ1) is 13.2. The summed E-state index contributed by atoms with van der Waals surface area (Å²) < 4.78 is 2.20. The SMILES string of the molecule is O=C(NCCc1nnc2n1CCCCC2)c1cccc(NC(=O)C2CC2)c1. The van der Waals surface area contributed by atoms with Crippen LogP contribution in [0.5, 0.6) is 0 Å². The van der Waals surface area contributed by atoms with Crippen LogP contribution in [0.2, 0.25) is 0 Å². The van der Waals surface area contributed by atoms with Crippen molar-refractivity contribution in [1.29, 1.82) is 0 Å². The van der Waals surface area contributed by atoms with Crippen LogP contribution in [0.15, 0.2) is 24.3 Å². The van der Waals surface area contributed by atoms with Gasteiger partial charge in [-0.05, 0) is 43.9 Å². The molecule has 1 fully saturated rings. The minimum Gasteiger partial charge on any atom is -0.352 e. The maximum Gasteiger partial charge on any atom is 0.251 e. The Labute approximate surface area is 158 Å². The average molecular weight is 367 g/mol. The van der Waals surface area contributed by atoms with Crippen LogP contribution in [0, 0.1) is 5.92 Å². The molecule has 2 aliphatic rings. The van der Waals surface area contributed by atoms with Crippen molar-refractivity contribution in [3.63, 3.8) is 0 Å². The summed E-state index contributed by atoms with van der Waals surface area (Å²) in [6.07, 6.45) is 7.12. The zero-order valence-electron chi connectivity index (χ0n) is 15.4. The molecular formula is C20H25N5O2. The maximum absolute atomic E-state index is 12.4. The highest BCUT2D eigenvalue weighted by Gasteiger charge is 2.29. The fourth-order valence-electron chi connectivity index (χ4n) is 3.45. The Morgan fingerprint density at radius 2 is 2.04 bits per heavy atom. The monoisotopic (exact) mass is 367 g/mol. The van der Waals surface area contributed by atoms with Gasteiger partial charge in [-0.2, -0.15) is 0 Å². The van der Waals surface area contributed by atoms with Crippen LogP contribution in [0.3, 0.4) is 0 Å². The highest BCUT2D eigenvalue weighted by molar-refractivity contribution is 5.98. The molecule has 7 heteroatoms. The van der Waals surface area contributed by atoms with E-state index in [1.165, 1.54) is 12.8 Å². The number of rotatable bonds is 6. The van der Waals surface area contributed by atoms with Crippen molar-refractivity contribution in [3.05, 3.63) is 41.5 Å². The van der Waals surface area contributed by atoms with Gasteiger partial charge >= 0.3 is 0 Å². The topological polar surface area (TPSA) is 88.9 Å². The molecule has 1 aromatic heterocycles. The van der Waals surface area contributed by atoms with E-state index in [1.807, 2.05) is 6.07 Å². The van der Waals surface area contributed by atoms with E-state index in [0.717, 1.165) is 43.9 Å². The fraction of sp³-hybridized carbons (Fsp3) is 0.500. The summed E-state index contributed by atoms with van der Waals surface area (Å²) in [5.74, 6) is 2.04. The molecule has 0 radical (unpaired) electrons. The Kier molecular flexibility index (Phi) is 5.18. The number of hydrogen-bond acceptors (Lipinski definition) is 4. The Bertz CT molecular complexity index is 841. The van der Waals surface area contributed by atoms with E-state index in [4.69, 9.17) is 0 Å². The lowest BCUT2D eigenvalue weighted by Gasteiger charge is -2.09. The number of aryl methyl sites for hydroxylation is 1. The third kappa shape index (κ3) is 4.35. The number of amides is 2. The van der Waals surface area contributed by atoms with Crippen molar-refractivity contribution in [2.45, 2.75) is 51.5 Å². The molecule has 1 aliphatic heterocycles. The van der Waals surface area contributed by atoms with Crippen LogP contribution in [-0.2, 0) is 24.2 Å². The van der Waals surface area contributed by atoms with Gasteiger partial charge in [0, 0.05) is 43.1 Å². The minimum absolute atomic E-state index is 0.0417. The van der Waals surface area contributed by atoms with Crippen LogP contribution in [0.4, 0.5) is 5.69 Å². The number of hydrogen-bond donors (Lipinski definition) is 2. The largest absolute Gasteiger partial charge is 0.352 e. The average Bonchev–Trinajstić information content (AvgIpc) is 3.49. The Hall–Kier alpha value is -2.70. The first-order valence-corrected chi connectivity index (χ1v) is 9.81. The van der Waals surface area contributed by atoms with Crippen LogP contribution in [0.25, 0.3) is 0 Å². The number of anilines is 1. The highest BCUT2D eigenvalue weighted by Crippen LogP contribution is 2.30. The van der Waals surface area contributed by atoms with Gasteiger partial charge in [0.15, 0.2) is 0 Å². The molecule has 7 nitrogen and oxygen atoms in total. The number of fused-ring (bicyclic) bond motifs is 1. The van der Waals surface area contributed by atoms with Crippen molar-refractivity contribution in [3.8, 4) is 0 Å². The van der Waals surface area contributed by atoms with E-state index in [0.29, 0.717) is 24.2 Å². The molecule has 2 N–H and O–H groups in total. The number of nitrogens with one attached hydrogen (secondary N) is 2. The Balaban J connectivity index is 1.32. The number of benzene rings is 1. The molecule has 2 aromatic rings. The zero-order chi connectivity index (χ0) is 18.6. The van der Waals surface area contributed by atoms with Crippen LogP contribution < -0.4 is 10.6 Å². The first-order valence-electron chi connectivity index (χ1n) is 9.81. The summed E-state index contributed by atoms with van der Waals surface area (Å²) >= 11 is 0. The van der Waals surface area contributed by atoms with Gasteiger partial charge in [0.1, 0.15) is 11.6 Å². The predicted molar refractivity (Wildman–Crippen MR) is 101 cm³/mol. The highest BCUT2D eigenvalue weighted by atomic mass is 16.2. The van der Waals surface area contributed by atoms with Gasteiger partial charge in [0.2, 0.25) is 5.91 Å². The molecule has 1 saturated carbocycles. The molecule has 27 heavy (non-hydrogen) atoms. The lowest BCUT2D eigenvalue weighted by atomic mass is 10.2. The third-order valence-corrected chi connectivity index (χ3v) is 5.16. The summed E-state index contributed by atoms with van der Waals surface area (Å²) in [5, 5.41) is 14.4. The molecule has 0 bridgehead atoms. The molecule has 0 saturated heterocycles. The molecule has 2 heterocycles. The lowest BCUT2D eigenvalue weighted by Crippen LogP contribution is -2.26. The van der Waals surface area contributed by atoms with Crippen molar-refractivity contribution >= 4 is 17.5 Å². The third-order valence-electron chi connectivity index (χ3n) is 5.16. The number of carbonyl (C=O) groups excluding carboxylic acids is 2. The molecule has 142 valence electrons. The fourth-order valence-corrected chi connectivity index (χ4v) is 3.45. The molecule has 1 aromatic carbocycles. The van der Waals surface area contributed by atoms with E-state index in [1.54, 1.807) is 18.2 Å². The van der Waals surface area contributed by atoms with E-state index in [-0.39, 0.29) is 17.7 Å². The molecule has 0 atom stereocenters. The van der Waals surface area contributed by atoms with E-state index >= 15 is 0 Å². The summed E-state index contributed by atoms with van der Waals surface area (Å²) in [5.41, 5.74) is 1.21. The summed E-state index contributed by atoms with van der Waals surface area (Å²) in [6.45, 7) is 1.48. The van der Waals surface area contributed by atoms with Gasteiger partial charge in [-0.3, -0.25) is 9.59 Å². The second-order valence-electron chi connectivity index (χ2n) is 7.34. The van der Waals surface area contributed by atoms with Gasteiger partial charge in [-0.25, -0.2) is 0 Å². The standard InChI is InChI=1S/C20H25N5O2/c26-19(15-5-4-6-16(13-15)22-20(27)14-8-9-14)21-11-10-18-24-23-17-7-2-1-3-12-25(17)18/h4-6,13-14H,1-3,7-12H2,(H,21,26)(H,22,27). The summed E-state index contributed by atoms with van der Waals surface area (Å²) in [4.78, 5) is 24.3. The summed E-state index contributed by atoms with van der Waals surface area (Å²) in [6, 6.07) is 7.07. The quantitative estimate of drug-likeness (QED) is 0.820. The Morgan fingerprint density at radius 3 is 2.89 bits per heavy atom. The van der Waals surface area contributed by atoms with Crippen LogP contribution >= 0.6 is 0 Å². The maximum atomic E-state index is 12.4. The van der Waals surface area contributed by atoms with Gasteiger partial charge in [0.25, 0.3) is 5.91 Å². The van der Waals surface area contributed by atoms with Crippen molar-refractivity contribution in [2.75, 3.05) is 11.9 Å². The first kappa shape index (κ1) is 17.7. The number of aromatic nitrogens is 3. The van der Waals surface area contributed by atoms with Crippen molar-refractivity contribution in [2.24, 2.45) is 5.92 Å². The van der Waals surface area contributed by atoms with Crippen molar-refractivity contribution in [1.82, 2.24) is 20.1 Å². The Morgan fingerprint density at radius 1 is 1.15 bits per heavy atom. The minimum atomic E-state index is -0.145. The van der Waals surface area contributed by atoms with E-state index < -0.39 is 0 Å². The lowest BCUT2D eigenvalue weighted by molar-refractivity contribution is -0.117. The number of nitrogens with zero attached hydrogens (tertiary/aromatic N) is 3. The molecule has 0 unspecified atom stereocenters.